The number of nitrogens with one attached hydrogen (secondary N) is 1. The molecule has 0 radical (unpaired) electrons. The Kier molecular flexibility index (Phi) is 5.38. The second kappa shape index (κ2) is 7.88. The van der Waals surface area contributed by atoms with Gasteiger partial charge in [0.1, 0.15) is 5.82 Å². The summed E-state index contributed by atoms with van der Waals surface area (Å²) in [6, 6.07) is 8.92. The summed E-state index contributed by atoms with van der Waals surface area (Å²) >= 11 is 0. The molecule has 0 fully saturated rings. The van der Waals surface area contributed by atoms with Crippen LogP contribution in [0.4, 0.5) is 11.5 Å². The summed E-state index contributed by atoms with van der Waals surface area (Å²) in [6.07, 6.45) is 3.76. The SMILES string of the molecule is CCCN(CCC)c1cc(C(=O)Nc2ccc3c(c2)OCO3)ccn1. The quantitative estimate of drug-likeness (QED) is 0.832. The monoisotopic (exact) mass is 341 g/mol. The van der Waals surface area contributed by atoms with Crippen LogP contribution in [0.25, 0.3) is 0 Å². The van der Waals surface area contributed by atoms with Crippen molar-refractivity contribution in [1.82, 2.24) is 4.98 Å². The Hall–Kier alpha value is -2.76. The van der Waals surface area contributed by atoms with Crippen LogP contribution in [0.3, 0.4) is 0 Å². The van der Waals surface area contributed by atoms with E-state index in [1.165, 1.54) is 0 Å². The van der Waals surface area contributed by atoms with E-state index in [4.69, 9.17) is 9.47 Å². The first-order valence-electron chi connectivity index (χ1n) is 8.63. The summed E-state index contributed by atoms with van der Waals surface area (Å²) in [5.41, 5.74) is 1.26. The molecule has 0 atom stereocenters. The first kappa shape index (κ1) is 17.1. The minimum atomic E-state index is -0.171. The van der Waals surface area contributed by atoms with E-state index in [1.807, 2.05) is 6.07 Å². The van der Waals surface area contributed by atoms with Crippen LogP contribution in [0, 0.1) is 0 Å². The van der Waals surface area contributed by atoms with E-state index in [-0.39, 0.29) is 12.7 Å². The maximum Gasteiger partial charge on any atom is 0.255 e. The van der Waals surface area contributed by atoms with Crippen molar-refractivity contribution in [3.8, 4) is 11.5 Å². The highest BCUT2D eigenvalue weighted by Crippen LogP contribution is 2.34. The molecule has 0 bridgehead atoms. The third kappa shape index (κ3) is 4.02. The normalized spacial score (nSPS) is 12.1. The number of nitrogens with zero attached hydrogens (tertiary/aromatic N) is 2. The maximum atomic E-state index is 12.6. The standard InChI is InChI=1S/C19H23N3O3/c1-3-9-22(10-4-2)18-11-14(7-8-20-18)19(23)21-15-5-6-16-17(12-15)25-13-24-16/h5-8,11-12H,3-4,9-10,13H2,1-2H3,(H,21,23). The lowest BCUT2D eigenvalue weighted by Gasteiger charge is -2.22. The van der Waals surface area contributed by atoms with E-state index in [0.29, 0.717) is 22.7 Å². The number of ether oxygens (including phenoxy) is 2. The molecule has 3 rings (SSSR count). The number of carbonyl (C=O) groups excluding carboxylic acids is 1. The van der Waals surface area contributed by atoms with Gasteiger partial charge in [0.2, 0.25) is 6.79 Å². The Labute approximate surface area is 147 Å². The average Bonchev–Trinajstić information content (AvgIpc) is 3.09. The van der Waals surface area contributed by atoms with Crippen LogP contribution >= 0.6 is 0 Å². The van der Waals surface area contributed by atoms with E-state index < -0.39 is 0 Å². The summed E-state index contributed by atoms with van der Waals surface area (Å²) in [6.45, 7) is 6.34. The molecule has 0 saturated heterocycles. The van der Waals surface area contributed by atoms with Crippen molar-refractivity contribution in [2.24, 2.45) is 0 Å². The minimum Gasteiger partial charge on any atom is -0.454 e. The van der Waals surface area contributed by atoms with Crippen molar-refractivity contribution >= 4 is 17.4 Å². The van der Waals surface area contributed by atoms with Crippen LogP contribution in [-0.2, 0) is 0 Å². The van der Waals surface area contributed by atoms with Gasteiger partial charge in [-0.25, -0.2) is 4.98 Å². The molecular formula is C19H23N3O3. The molecule has 1 N–H and O–H groups in total. The summed E-state index contributed by atoms with van der Waals surface area (Å²) in [4.78, 5) is 19.2. The molecule has 2 aromatic rings. The summed E-state index contributed by atoms with van der Waals surface area (Å²) in [7, 11) is 0. The lowest BCUT2D eigenvalue weighted by Crippen LogP contribution is -2.26. The molecule has 0 unspecified atom stereocenters. The van der Waals surface area contributed by atoms with Crippen molar-refractivity contribution < 1.29 is 14.3 Å². The van der Waals surface area contributed by atoms with E-state index in [9.17, 15) is 4.79 Å². The van der Waals surface area contributed by atoms with Crippen molar-refractivity contribution in [2.45, 2.75) is 26.7 Å². The molecule has 6 nitrogen and oxygen atoms in total. The lowest BCUT2D eigenvalue weighted by atomic mass is 10.2. The molecule has 0 spiro atoms. The fourth-order valence-electron chi connectivity index (χ4n) is 2.79. The Bertz CT molecular complexity index is 742. The number of benzene rings is 1. The first-order chi connectivity index (χ1) is 12.2. The predicted octanol–water partition coefficient (Wildman–Crippen LogP) is 3.69. The van der Waals surface area contributed by atoms with Gasteiger partial charge in [-0.2, -0.15) is 0 Å². The van der Waals surface area contributed by atoms with Crippen molar-refractivity contribution in [3.05, 3.63) is 42.1 Å². The zero-order chi connectivity index (χ0) is 17.6. The van der Waals surface area contributed by atoms with Crippen LogP contribution < -0.4 is 19.7 Å². The molecule has 2 heterocycles. The molecule has 0 saturated carbocycles. The number of amides is 1. The van der Waals surface area contributed by atoms with Gasteiger partial charge in [0.25, 0.3) is 5.91 Å². The Morgan fingerprint density at radius 1 is 1.12 bits per heavy atom. The number of aromatic nitrogens is 1. The summed E-state index contributed by atoms with van der Waals surface area (Å²) < 4.78 is 10.6. The van der Waals surface area contributed by atoms with Crippen molar-refractivity contribution in [3.63, 3.8) is 0 Å². The zero-order valence-corrected chi connectivity index (χ0v) is 14.6. The number of hydrogen-bond acceptors (Lipinski definition) is 5. The van der Waals surface area contributed by atoms with Crippen LogP contribution in [0.2, 0.25) is 0 Å². The third-order valence-electron chi connectivity index (χ3n) is 3.95. The summed E-state index contributed by atoms with van der Waals surface area (Å²) in [5.74, 6) is 2.00. The van der Waals surface area contributed by atoms with Gasteiger partial charge in [-0.05, 0) is 37.1 Å². The predicted molar refractivity (Wildman–Crippen MR) is 97.6 cm³/mol. The molecule has 1 amide bonds. The van der Waals surface area contributed by atoms with Gasteiger partial charge in [0.05, 0.1) is 0 Å². The molecule has 1 aromatic carbocycles. The first-order valence-corrected chi connectivity index (χ1v) is 8.63. The van der Waals surface area contributed by atoms with E-state index in [2.05, 4.69) is 29.0 Å². The second-order valence-corrected chi connectivity index (χ2v) is 5.91. The fourth-order valence-corrected chi connectivity index (χ4v) is 2.79. The van der Waals surface area contributed by atoms with Gasteiger partial charge in [0.15, 0.2) is 11.5 Å². The number of pyridine rings is 1. The second-order valence-electron chi connectivity index (χ2n) is 5.91. The van der Waals surface area contributed by atoms with Crippen molar-refractivity contribution in [2.75, 3.05) is 30.1 Å². The molecular weight excluding hydrogens is 318 g/mol. The number of carbonyl (C=O) groups is 1. The number of rotatable bonds is 7. The molecule has 25 heavy (non-hydrogen) atoms. The smallest absolute Gasteiger partial charge is 0.255 e. The molecule has 132 valence electrons. The fraction of sp³-hybridized carbons (Fsp3) is 0.368. The highest BCUT2D eigenvalue weighted by molar-refractivity contribution is 6.04. The molecule has 0 aliphatic carbocycles. The Balaban J connectivity index is 1.74. The van der Waals surface area contributed by atoms with Crippen LogP contribution in [-0.4, -0.2) is 30.8 Å². The van der Waals surface area contributed by atoms with E-state index in [0.717, 1.165) is 31.7 Å². The maximum absolute atomic E-state index is 12.6. The third-order valence-corrected chi connectivity index (χ3v) is 3.95. The zero-order valence-electron chi connectivity index (χ0n) is 14.6. The number of anilines is 2. The van der Waals surface area contributed by atoms with Gasteiger partial charge in [-0.1, -0.05) is 13.8 Å². The largest absolute Gasteiger partial charge is 0.454 e. The lowest BCUT2D eigenvalue weighted by molar-refractivity contribution is 0.102. The number of hydrogen-bond donors (Lipinski definition) is 1. The molecule has 1 aliphatic heterocycles. The number of fused-ring (bicyclic) bond motifs is 1. The van der Waals surface area contributed by atoms with E-state index in [1.54, 1.807) is 30.5 Å². The van der Waals surface area contributed by atoms with Gasteiger partial charge < -0.3 is 19.7 Å². The van der Waals surface area contributed by atoms with Gasteiger partial charge in [-0.15, -0.1) is 0 Å². The molecule has 1 aliphatic rings. The topological polar surface area (TPSA) is 63.7 Å². The van der Waals surface area contributed by atoms with Crippen LogP contribution in [0.1, 0.15) is 37.0 Å². The molecule has 1 aromatic heterocycles. The van der Waals surface area contributed by atoms with Crippen LogP contribution in [0.15, 0.2) is 36.5 Å². The minimum absolute atomic E-state index is 0.171. The molecule has 6 heteroatoms. The highest BCUT2D eigenvalue weighted by atomic mass is 16.7. The van der Waals surface area contributed by atoms with Gasteiger partial charge in [-0.3, -0.25) is 4.79 Å². The van der Waals surface area contributed by atoms with Gasteiger partial charge >= 0.3 is 0 Å². The Morgan fingerprint density at radius 3 is 2.64 bits per heavy atom. The van der Waals surface area contributed by atoms with Gasteiger partial charge in [0, 0.05) is 36.6 Å². The van der Waals surface area contributed by atoms with E-state index >= 15 is 0 Å². The van der Waals surface area contributed by atoms with Crippen LogP contribution in [0.5, 0.6) is 11.5 Å². The average molecular weight is 341 g/mol. The highest BCUT2D eigenvalue weighted by Gasteiger charge is 2.15. The Morgan fingerprint density at radius 2 is 1.88 bits per heavy atom. The van der Waals surface area contributed by atoms with Crippen molar-refractivity contribution in [1.29, 1.82) is 0 Å². The summed E-state index contributed by atoms with van der Waals surface area (Å²) in [5, 5.41) is 2.90.